The van der Waals surface area contributed by atoms with Crippen molar-refractivity contribution in [1.29, 1.82) is 0 Å². The Morgan fingerprint density at radius 3 is 2.75 bits per heavy atom. The molecule has 1 heterocycles. The maximum Gasteiger partial charge on any atom is 0.132 e. The zero-order chi connectivity index (χ0) is 11.8. The van der Waals surface area contributed by atoms with E-state index in [2.05, 4.69) is 26.8 Å². The Labute approximate surface area is 96.6 Å². The SMILES string of the molecule is CC(C)(C)Cc1ccc2c(c1)C(O)C=CO2. The fourth-order valence-corrected chi connectivity index (χ4v) is 1.95. The number of aliphatic hydroxyl groups excluding tert-OH is 1. The van der Waals surface area contributed by atoms with Crippen LogP contribution in [0.4, 0.5) is 0 Å². The Kier molecular flexibility index (Phi) is 2.76. The first-order chi connectivity index (χ1) is 7.46. The van der Waals surface area contributed by atoms with Crippen LogP contribution in [0.2, 0.25) is 0 Å². The zero-order valence-electron chi connectivity index (χ0n) is 10.0. The van der Waals surface area contributed by atoms with E-state index in [1.54, 1.807) is 6.08 Å². The lowest BCUT2D eigenvalue weighted by atomic mass is 9.87. The minimum Gasteiger partial charge on any atom is -0.465 e. The summed E-state index contributed by atoms with van der Waals surface area (Å²) in [6, 6.07) is 6.04. The molecule has 0 saturated heterocycles. The Morgan fingerprint density at radius 2 is 2.06 bits per heavy atom. The van der Waals surface area contributed by atoms with Gasteiger partial charge in [0.25, 0.3) is 0 Å². The van der Waals surface area contributed by atoms with Crippen molar-refractivity contribution in [3.63, 3.8) is 0 Å². The quantitative estimate of drug-likeness (QED) is 0.784. The van der Waals surface area contributed by atoms with Crippen molar-refractivity contribution < 1.29 is 9.84 Å². The van der Waals surface area contributed by atoms with Gasteiger partial charge >= 0.3 is 0 Å². The monoisotopic (exact) mass is 218 g/mol. The van der Waals surface area contributed by atoms with Crippen molar-refractivity contribution >= 4 is 0 Å². The number of hydrogen-bond donors (Lipinski definition) is 1. The van der Waals surface area contributed by atoms with Gasteiger partial charge < -0.3 is 9.84 Å². The minimum atomic E-state index is -0.538. The number of benzene rings is 1. The first-order valence-corrected chi connectivity index (χ1v) is 5.60. The number of fused-ring (bicyclic) bond motifs is 1. The molecule has 1 atom stereocenters. The smallest absolute Gasteiger partial charge is 0.132 e. The van der Waals surface area contributed by atoms with E-state index in [4.69, 9.17) is 4.74 Å². The molecule has 2 heteroatoms. The van der Waals surface area contributed by atoms with Crippen LogP contribution >= 0.6 is 0 Å². The zero-order valence-corrected chi connectivity index (χ0v) is 10.0. The summed E-state index contributed by atoms with van der Waals surface area (Å²) in [5, 5.41) is 9.82. The molecule has 1 aromatic carbocycles. The van der Waals surface area contributed by atoms with E-state index < -0.39 is 6.10 Å². The fourth-order valence-electron chi connectivity index (χ4n) is 1.95. The molecule has 2 rings (SSSR count). The Morgan fingerprint density at radius 1 is 1.31 bits per heavy atom. The lowest BCUT2D eigenvalue weighted by Gasteiger charge is -2.21. The molecule has 0 bridgehead atoms. The topological polar surface area (TPSA) is 29.5 Å². The molecule has 16 heavy (non-hydrogen) atoms. The van der Waals surface area contributed by atoms with Crippen LogP contribution in [-0.4, -0.2) is 5.11 Å². The summed E-state index contributed by atoms with van der Waals surface area (Å²) in [5.41, 5.74) is 2.36. The Bertz CT molecular complexity index is 413. The summed E-state index contributed by atoms with van der Waals surface area (Å²) in [6.07, 6.45) is 3.65. The molecule has 1 N–H and O–H groups in total. The molecule has 1 aliphatic rings. The summed E-state index contributed by atoms with van der Waals surface area (Å²) in [4.78, 5) is 0. The van der Waals surface area contributed by atoms with Crippen molar-refractivity contribution in [1.82, 2.24) is 0 Å². The molecule has 0 fully saturated rings. The van der Waals surface area contributed by atoms with Crippen LogP contribution < -0.4 is 4.74 Å². The molecule has 1 unspecified atom stereocenters. The van der Waals surface area contributed by atoms with Gasteiger partial charge in [0.05, 0.1) is 6.26 Å². The second-order valence-electron chi connectivity index (χ2n) is 5.50. The molecule has 1 aromatic rings. The highest BCUT2D eigenvalue weighted by Crippen LogP contribution is 2.32. The number of hydrogen-bond acceptors (Lipinski definition) is 2. The number of aliphatic hydroxyl groups is 1. The highest BCUT2D eigenvalue weighted by atomic mass is 16.5. The second-order valence-corrected chi connectivity index (χ2v) is 5.50. The molecule has 0 saturated carbocycles. The van der Waals surface area contributed by atoms with Crippen molar-refractivity contribution in [3.05, 3.63) is 41.7 Å². The van der Waals surface area contributed by atoms with Gasteiger partial charge in [0.2, 0.25) is 0 Å². The summed E-state index contributed by atoms with van der Waals surface area (Å²) in [7, 11) is 0. The highest BCUT2D eigenvalue weighted by Gasteiger charge is 2.17. The van der Waals surface area contributed by atoms with Gasteiger partial charge in [-0.2, -0.15) is 0 Å². The van der Waals surface area contributed by atoms with Gasteiger partial charge in [0.1, 0.15) is 11.9 Å². The van der Waals surface area contributed by atoms with Gasteiger partial charge in [-0.1, -0.05) is 26.8 Å². The van der Waals surface area contributed by atoms with E-state index in [0.29, 0.717) is 0 Å². The van der Waals surface area contributed by atoms with Crippen LogP contribution in [0, 0.1) is 5.41 Å². The summed E-state index contributed by atoms with van der Waals surface area (Å²) in [5.74, 6) is 0.757. The normalized spacial score (nSPS) is 19.1. The third kappa shape index (κ3) is 2.45. The van der Waals surface area contributed by atoms with Gasteiger partial charge in [0, 0.05) is 5.56 Å². The molecule has 86 valence electrons. The molecule has 0 amide bonds. The van der Waals surface area contributed by atoms with Crippen molar-refractivity contribution in [2.75, 3.05) is 0 Å². The van der Waals surface area contributed by atoms with E-state index in [1.807, 2.05) is 12.1 Å². The van der Waals surface area contributed by atoms with Crippen LogP contribution in [0.3, 0.4) is 0 Å². The molecule has 0 radical (unpaired) electrons. The first-order valence-electron chi connectivity index (χ1n) is 5.60. The largest absolute Gasteiger partial charge is 0.465 e. The van der Waals surface area contributed by atoms with Crippen LogP contribution in [0.1, 0.15) is 38.0 Å². The van der Waals surface area contributed by atoms with E-state index in [0.717, 1.165) is 17.7 Å². The Hall–Kier alpha value is -1.28. The molecule has 0 aromatic heterocycles. The van der Waals surface area contributed by atoms with Gasteiger partial charge in [-0.05, 0) is 35.6 Å². The van der Waals surface area contributed by atoms with Crippen molar-refractivity contribution in [2.24, 2.45) is 5.41 Å². The van der Waals surface area contributed by atoms with Crippen molar-refractivity contribution in [2.45, 2.75) is 33.3 Å². The van der Waals surface area contributed by atoms with E-state index in [-0.39, 0.29) is 5.41 Å². The minimum absolute atomic E-state index is 0.255. The average molecular weight is 218 g/mol. The number of rotatable bonds is 1. The van der Waals surface area contributed by atoms with Gasteiger partial charge in [-0.25, -0.2) is 0 Å². The number of ether oxygens (including phenoxy) is 1. The summed E-state index contributed by atoms with van der Waals surface area (Å²) < 4.78 is 5.34. The average Bonchev–Trinajstić information content (AvgIpc) is 2.17. The van der Waals surface area contributed by atoms with Crippen LogP contribution in [0.25, 0.3) is 0 Å². The summed E-state index contributed by atoms with van der Waals surface area (Å²) in [6.45, 7) is 6.62. The van der Waals surface area contributed by atoms with Crippen LogP contribution in [0.5, 0.6) is 5.75 Å². The molecule has 0 spiro atoms. The van der Waals surface area contributed by atoms with E-state index in [1.165, 1.54) is 11.8 Å². The first kappa shape index (κ1) is 11.2. The van der Waals surface area contributed by atoms with Gasteiger partial charge in [-0.3, -0.25) is 0 Å². The van der Waals surface area contributed by atoms with E-state index in [9.17, 15) is 5.11 Å². The van der Waals surface area contributed by atoms with E-state index >= 15 is 0 Å². The second kappa shape index (κ2) is 3.95. The molecular formula is C14H18O2. The lowest BCUT2D eigenvalue weighted by molar-refractivity contribution is 0.213. The molecule has 0 aliphatic carbocycles. The summed E-state index contributed by atoms with van der Waals surface area (Å²) >= 11 is 0. The maximum absolute atomic E-state index is 9.82. The molecule has 1 aliphatic heterocycles. The predicted octanol–water partition coefficient (Wildman–Crippen LogP) is 3.21. The molecule has 2 nitrogen and oxygen atoms in total. The van der Waals surface area contributed by atoms with Crippen LogP contribution in [-0.2, 0) is 6.42 Å². The van der Waals surface area contributed by atoms with Gasteiger partial charge in [-0.15, -0.1) is 0 Å². The predicted molar refractivity (Wildman–Crippen MR) is 64.3 cm³/mol. The third-order valence-electron chi connectivity index (χ3n) is 2.58. The fraction of sp³-hybridized carbons (Fsp3) is 0.429. The van der Waals surface area contributed by atoms with Crippen LogP contribution in [0.15, 0.2) is 30.5 Å². The standard InChI is InChI=1S/C14H18O2/c1-14(2,3)9-10-4-5-13-11(8-10)12(15)6-7-16-13/h4-8,12,15H,9H2,1-3H3. The Balaban J connectivity index is 2.29. The highest BCUT2D eigenvalue weighted by molar-refractivity contribution is 5.42. The third-order valence-corrected chi connectivity index (χ3v) is 2.58. The van der Waals surface area contributed by atoms with Gasteiger partial charge in [0.15, 0.2) is 0 Å². The maximum atomic E-state index is 9.82. The van der Waals surface area contributed by atoms with Crippen molar-refractivity contribution in [3.8, 4) is 5.75 Å². The lowest BCUT2D eigenvalue weighted by Crippen LogP contribution is -2.10. The molecular weight excluding hydrogens is 200 g/mol.